The molecule has 0 unspecified atom stereocenters. The number of rotatable bonds is 5. The summed E-state index contributed by atoms with van der Waals surface area (Å²) in [5.74, 6) is 1.47. The van der Waals surface area contributed by atoms with E-state index in [1.165, 1.54) is 0 Å². The van der Waals surface area contributed by atoms with Gasteiger partial charge in [0.15, 0.2) is 0 Å². The lowest BCUT2D eigenvalue weighted by molar-refractivity contribution is 0.450. The van der Waals surface area contributed by atoms with Gasteiger partial charge in [0.2, 0.25) is 5.88 Å². The number of pyridine rings is 1. The van der Waals surface area contributed by atoms with Crippen molar-refractivity contribution in [3.05, 3.63) is 54.2 Å². The van der Waals surface area contributed by atoms with Gasteiger partial charge in [-0.1, -0.05) is 38.1 Å². The Kier molecular flexibility index (Phi) is 4.31. The van der Waals surface area contributed by atoms with Crippen LogP contribution in [0.4, 0.5) is 0 Å². The highest BCUT2D eigenvalue weighted by Gasteiger charge is 2.06. The van der Waals surface area contributed by atoms with Gasteiger partial charge in [-0.25, -0.2) is 4.98 Å². The quantitative estimate of drug-likeness (QED) is 0.872. The molecule has 0 spiro atoms. The maximum atomic E-state index is 5.79. The van der Waals surface area contributed by atoms with Gasteiger partial charge in [-0.15, -0.1) is 0 Å². The van der Waals surface area contributed by atoms with E-state index in [1.54, 1.807) is 6.20 Å². The molecule has 3 nitrogen and oxygen atoms in total. The Balaban J connectivity index is 2.12. The molecule has 0 amide bonds. The Bertz CT molecular complexity index is 483. The summed E-state index contributed by atoms with van der Waals surface area (Å²) in [4.78, 5) is 4.29. The molecule has 0 atom stereocenters. The zero-order valence-electron chi connectivity index (χ0n) is 10.8. The van der Waals surface area contributed by atoms with Crippen LogP contribution < -0.4 is 10.1 Å². The maximum Gasteiger partial charge on any atom is 0.223 e. The van der Waals surface area contributed by atoms with Crippen molar-refractivity contribution < 1.29 is 4.74 Å². The van der Waals surface area contributed by atoms with Crippen molar-refractivity contribution in [1.82, 2.24) is 10.3 Å². The summed E-state index contributed by atoms with van der Waals surface area (Å²) in [7, 11) is 0. The van der Waals surface area contributed by atoms with E-state index in [9.17, 15) is 0 Å². The Morgan fingerprint density at radius 1 is 1.11 bits per heavy atom. The van der Waals surface area contributed by atoms with Crippen molar-refractivity contribution in [2.75, 3.05) is 0 Å². The summed E-state index contributed by atoms with van der Waals surface area (Å²) < 4.78 is 5.79. The third-order valence-corrected chi connectivity index (χ3v) is 2.51. The summed E-state index contributed by atoms with van der Waals surface area (Å²) >= 11 is 0. The molecule has 2 aromatic rings. The largest absolute Gasteiger partial charge is 0.439 e. The molecule has 18 heavy (non-hydrogen) atoms. The highest BCUT2D eigenvalue weighted by atomic mass is 16.5. The molecule has 1 N–H and O–H groups in total. The fraction of sp³-hybridized carbons (Fsp3) is 0.267. The molecule has 0 saturated heterocycles. The van der Waals surface area contributed by atoms with Crippen molar-refractivity contribution in [2.24, 2.45) is 0 Å². The van der Waals surface area contributed by atoms with E-state index in [4.69, 9.17) is 4.74 Å². The Labute approximate surface area is 108 Å². The molecule has 1 aromatic heterocycles. The molecule has 0 fully saturated rings. The van der Waals surface area contributed by atoms with Crippen LogP contribution in [0.3, 0.4) is 0 Å². The topological polar surface area (TPSA) is 34.2 Å². The third kappa shape index (κ3) is 3.57. The highest BCUT2D eigenvalue weighted by Crippen LogP contribution is 2.22. The Hall–Kier alpha value is -1.87. The number of aromatic nitrogens is 1. The first-order valence-electron chi connectivity index (χ1n) is 6.16. The molecule has 2 rings (SSSR count). The van der Waals surface area contributed by atoms with Crippen LogP contribution in [0.2, 0.25) is 0 Å². The van der Waals surface area contributed by atoms with E-state index in [0.29, 0.717) is 11.9 Å². The first kappa shape index (κ1) is 12.6. The van der Waals surface area contributed by atoms with Crippen molar-refractivity contribution in [3.63, 3.8) is 0 Å². The maximum absolute atomic E-state index is 5.79. The lowest BCUT2D eigenvalue weighted by Crippen LogP contribution is -2.22. The predicted molar refractivity (Wildman–Crippen MR) is 72.7 cm³/mol. The van der Waals surface area contributed by atoms with Gasteiger partial charge in [0.1, 0.15) is 5.75 Å². The number of ether oxygens (including phenoxy) is 1. The van der Waals surface area contributed by atoms with Gasteiger partial charge in [-0.2, -0.15) is 0 Å². The molecule has 1 aromatic carbocycles. The minimum Gasteiger partial charge on any atom is -0.439 e. The van der Waals surface area contributed by atoms with Gasteiger partial charge in [-0.3, -0.25) is 0 Å². The normalized spacial score (nSPS) is 10.6. The van der Waals surface area contributed by atoms with Crippen LogP contribution in [0.15, 0.2) is 48.7 Å². The van der Waals surface area contributed by atoms with Gasteiger partial charge < -0.3 is 10.1 Å². The zero-order valence-corrected chi connectivity index (χ0v) is 10.8. The minimum atomic E-state index is 0.440. The summed E-state index contributed by atoms with van der Waals surface area (Å²) in [6.07, 6.45) is 1.75. The number of hydrogen-bond acceptors (Lipinski definition) is 3. The first-order chi connectivity index (χ1) is 8.75. The molecule has 3 heteroatoms. The van der Waals surface area contributed by atoms with Crippen LogP contribution in [0.5, 0.6) is 11.6 Å². The average molecular weight is 242 g/mol. The molecule has 0 bridgehead atoms. The van der Waals surface area contributed by atoms with Gasteiger partial charge in [0.05, 0.1) is 0 Å². The summed E-state index contributed by atoms with van der Waals surface area (Å²) in [5, 5.41) is 3.37. The van der Waals surface area contributed by atoms with Crippen LogP contribution in [-0.2, 0) is 6.54 Å². The monoisotopic (exact) mass is 242 g/mol. The van der Waals surface area contributed by atoms with Gasteiger partial charge >= 0.3 is 0 Å². The van der Waals surface area contributed by atoms with Gasteiger partial charge in [0, 0.05) is 24.3 Å². The van der Waals surface area contributed by atoms with Crippen molar-refractivity contribution in [3.8, 4) is 11.6 Å². The fourth-order valence-corrected chi connectivity index (χ4v) is 1.56. The molecule has 0 aliphatic rings. The van der Waals surface area contributed by atoms with Crippen molar-refractivity contribution in [1.29, 1.82) is 0 Å². The summed E-state index contributed by atoms with van der Waals surface area (Å²) in [6.45, 7) is 5.00. The second-order valence-electron chi connectivity index (χ2n) is 4.42. The van der Waals surface area contributed by atoms with Crippen LogP contribution in [0.1, 0.15) is 19.4 Å². The summed E-state index contributed by atoms with van der Waals surface area (Å²) in [5.41, 5.74) is 1.06. The summed E-state index contributed by atoms with van der Waals surface area (Å²) in [6, 6.07) is 14.1. The Morgan fingerprint density at radius 2 is 1.89 bits per heavy atom. The van der Waals surface area contributed by atoms with Crippen LogP contribution in [0.25, 0.3) is 0 Å². The second-order valence-corrected chi connectivity index (χ2v) is 4.42. The van der Waals surface area contributed by atoms with Gasteiger partial charge in [-0.05, 0) is 18.2 Å². The molecule has 0 radical (unpaired) electrons. The van der Waals surface area contributed by atoms with Crippen LogP contribution in [0, 0.1) is 0 Å². The molecular formula is C15H18N2O. The van der Waals surface area contributed by atoms with Crippen molar-refractivity contribution >= 4 is 0 Å². The molecule has 0 saturated carbocycles. The average Bonchev–Trinajstić information content (AvgIpc) is 2.39. The lowest BCUT2D eigenvalue weighted by Gasteiger charge is -2.12. The standard InChI is InChI=1S/C15H18N2O/c1-12(2)17-11-13-7-6-10-16-15(13)18-14-8-4-3-5-9-14/h3-10,12,17H,11H2,1-2H3. The van der Waals surface area contributed by atoms with Crippen molar-refractivity contribution in [2.45, 2.75) is 26.4 Å². The van der Waals surface area contributed by atoms with E-state index in [1.807, 2.05) is 42.5 Å². The number of nitrogens with zero attached hydrogens (tertiary/aromatic N) is 1. The smallest absolute Gasteiger partial charge is 0.223 e. The first-order valence-corrected chi connectivity index (χ1v) is 6.16. The highest BCUT2D eigenvalue weighted by molar-refractivity contribution is 5.31. The number of para-hydroxylation sites is 1. The number of nitrogens with one attached hydrogen (secondary N) is 1. The fourth-order valence-electron chi connectivity index (χ4n) is 1.56. The van der Waals surface area contributed by atoms with E-state index >= 15 is 0 Å². The van der Waals surface area contributed by atoms with E-state index in [0.717, 1.165) is 17.9 Å². The van der Waals surface area contributed by atoms with Crippen LogP contribution >= 0.6 is 0 Å². The third-order valence-electron chi connectivity index (χ3n) is 2.51. The number of benzene rings is 1. The minimum absolute atomic E-state index is 0.440. The second kappa shape index (κ2) is 6.17. The predicted octanol–water partition coefficient (Wildman–Crippen LogP) is 3.37. The molecular weight excluding hydrogens is 224 g/mol. The molecule has 0 aliphatic carbocycles. The van der Waals surface area contributed by atoms with Gasteiger partial charge in [0.25, 0.3) is 0 Å². The molecule has 1 heterocycles. The van der Waals surface area contributed by atoms with E-state index in [-0.39, 0.29) is 0 Å². The lowest BCUT2D eigenvalue weighted by atomic mass is 10.2. The SMILES string of the molecule is CC(C)NCc1cccnc1Oc1ccccc1. The number of hydrogen-bond donors (Lipinski definition) is 1. The molecule has 94 valence electrons. The van der Waals surface area contributed by atoms with Crippen LogP contribution in [-0.4, -0.2) is 11.0 Å². The van der Waals surface area contributed by atoms with E-state index in [2.05, 4.69) is 24.1 Å². The zero-order chi connectivity index (χ0) is 12.8. The Morgan fingerprint density at radius 3 is 2.61 bits per heavy atom. The van der Waals surface area contributed by atoms with E-state index < -0.39 is 0 Å². The molecule has 0 aliphatic heterocycles.